The van der Waals surface area contributed by atoms with Crippen LogP contribution in [0.1, 0.15) is 18.3 Å². The first kappa shape index (κ1) is 12.6. The van der Waals surface area contributed by atoms with Crippen LogP contribution >= 0.6 is 0 Å². The van der Waals surface area contributed by atoms with Crippen LogP contribution in [0.4, 0.5) is 0 Å². The van der Waals surface area contributed by atoms with Crippen molar-refractivity contribution in [2.45, 2.75) is 20.8 Å². The van der Waals surface area contributed by atoms with E-state index in [1.807, 2.05) is 55.8 Å². The minimum Gasteiger partial charge on any atom is -0.475 e. The summed E-state index contributed by atoms with van der Waals surface area (Å²) in [6.45, 7) is 6.44. The molecule has 0 radical (unpaired) electrons. The predicted octanol–water partition coefficient (Wildman–Crippen LogP) is 2.83. The number of fused-ring (bicyclic) bond motifs is 1. The lowest BCUT2D eigenvalue weighted by Gasteiger charge is -2.03. The van der Waals surface area contributed by atoms with E-state index in [4.69, 9.17) is 4.74 Å². The summed E-state index contributed by atoms with van der Waals surface area (Å²) in [6.07, 6.45) is 0. The first-order valence-electron chi connectivity index (χ1n) is 6.63. The van der Waals surface area contributed by atoms with E-state index in [1.54, 1.807) is 0 Å². The predicted molar refractivity (Wildman–Crippen MR) is 77.3 cm³/mol. The lowest BCUT2D eigenvalue weighted by molar-refractivity contribution is 0.326. The smallest absolute Gasteiger partial charge is 0.262 e. The van der Waals surface area contributed by atoms with Gasteiger partial charge in [0.15, 0.2) is 5.52 Å². The first-order chi connectivity index (χ1) is 9.72. The Kier molecular flexibility index (Phi) is 3.10. The maximum Gasteiger partial charge on any atom is 0.262 e. The highest BCUT2D eigenvalue weighted by Crippen LogP contribution is 2.28. The van der Waals surface area contributed by atoms with Gasteiger partial charge >= 0.3 is 0 Å². The summed E-state index contributed by atoms with van der Waals surface area (Å²) in [7, 11) is 0. The molecule has 0 bridgehead atoms. The van der Waals surface area contributed by atoms with Crippen molar-refractivity contribution in [1.82, 2.24) is 20.0 Å². The molecule has 102 valence electrons. The second-order valence-corrected chi connectivity index (χ2v) is 4.58. The highest BCUT2D eigenvalue weighted by atomic mass is 16.5. The van der Waals surface area contributed by atoms with E-state index in [2.05, 4.69) is 15.3 Å². The second-order valence-electron chi connectivity index (χ2n) is 4.58. The molecule has 3 aromatic rings. The maximum atomic E-state index is 5.53. The van der Waals surface area contributed by atoms with Crippen molar-refractivity contribution in [2.24, 2.45) is 0 Å². The maximum absolute atomic E-state index is 5.53. The van der Waals surface area contributed by atoms with Crippen LogP contribution in [0.5, 0.6) is 5.88 Å². The van der Waals surface area contributed by atoms with Crippen molar-refractivity contribution in [3.8, 4) is 11.6 Å². The van der Waals surface area contributed by atoms with E-state index >= 15 is 0 Å². The van der Waals surface area contributed by atoms with E-state index < -0.39 is 0 Å². The quantitative estimate of drug-likeness (QED) is 0.733. The lowest BCUT2D eigenvalue weighted by Crippen LogP contribution is -1.99. The largest absolute Gasteiger partial charge is 0.475 e. The highest BCUT2D eigenvalue weighted by molar-refractivity contribution is 5.87. The van der Waals surface area contributed by atoms with Gasteiger partial charge in [0.05, 0.1) is 29.1 Å². The van der Waals surface area contributed by atoms with E-state index in [0.29, 0.717) is 12.5 Å². The van der Waals surface area contributed by atoms with Crippen LogP contribution in [0.2, 0.25) is 0 Å². The zero-order valence-corrected chi connectivity index (χ0v) is 11.8. The SMILES string of the molecule is CCOc1nnc(C)c2c(C)n(-c3ccccc3)nc12. The average Bonchev–Trinajstić information content (AvgIpc) is 2.82. The number of ether oxygens (including phenoxy) is 1. The van der Waals surface area contributed by atoms with Crippen molar-refractivity contribution in [1.29, 1.82) is 0 Å². The number of hydrogen-bond acceptors (Lipinski definition) is 4. The van der Waals surface area contributed by atoms with Crippen LogP contribution < -0.4 is 4.74 Å². The number of aromatic nitrogens is 4. The molecule has 2 aromatic heterocycles. The summed E-state index contributed by atoms with van der Waals surface area (Å²) in [4.78, 5) is 0. The van der Waals surface area contributed by atoms with Crippen molar-refractivity contribution in [3.05, 3.63) is 41.7 Å². The molecular formula is C15H16N4O. The molecule has 3 rings (SSSR count). The Morgan fingerprint density at radius 3 is 2.55 bits per heavy atom. The lowest BCUT2D eigenvalue weighted by atomic mass is 10.2. The Morgan fingerprint density at radius 2 is 1.85 bits per heavy atom. The van der Waals surface area contributed by atoms with E-state index in [9.17, 15) is 0 Å². The zero-order valence-electron chi connectivity index (χ0n) is 11.8. The molecule has 0 unspecified atom stereocenters. The molecule has 5 nitrogen and oxygen atoms in total. The number of rotatable bonds is 3. The van der Waals surface area contributed by atoms with Crippen molar-refractivity contribution < 1.29 is 4.74 Å². The van der Waals surface area contributed by atoms with E-state index in [0.717, 1.165) is 28.0 Å². The van der Waals surface area contributed by atoms with E-state index in [-0.39, 0.29) is 0 Å². The van der Waals surface area contributed by atoms with Crippen LogP contribution in [0.15, 0.2) is 30.3 Å². The molecule has 0 saturated carbocycles. The molecule has 1 aromatic carbocycles. The van der Waals surface area contributed by atoms with Crippen molar-refractivity contribution >= 4 is 10.9 Å². The van der Waals surface area contributed by atoms with Gasteiger partial charge in [-0.25, -0.2) is 4.68 Å². The summed E-state index contributed by atoms with van der Waals surface area (Å²) in [6, 6.07) is 10.0. The summed E-state index contributed by atoms with van der Waals surface area (Å²) in [5.74, 6) is 0.492. The Bertz CT molecular complexity index is 749. The first-order valence-corrected chi connectivity index (χ1v) is 6.63. The topological polar surface area (TPSA) is 52.8 Å². The van der Waals surface area contributed by atoms with E-state index in [1.165, 1.54) is 0 Å². The molecule has 0 N–H and O–H groups in total. The molecular weight excluding hydrogens is 252 g/mol. The molecule has 0 saturated heterocycles. The van der Waals surface area contributed by atoms with Gasteiger partial charge in [0.25, 0.3) is 5.88 Å². The van der Waals surface area contributed by atoms with Gasteiger partial charge in [0.2, 0.25) is 0 Å². The number of para-hydroxylation sites is 1. The fourth-order valence-corrected chi connectivity index (χ4v) is 2.36. The number of hydrogen-bond donors (Lipinski definition) is 0. The summed E-state index contributed by atoms with van der Waals surface area (Å²) in [5, 5.41) is 13.9. The normalized spacial score (nSPS) is 10.9. The minimum absolute atomic E-state index is 0.492. The Morgan fingerprint density at radius 1 is 1.10 bits per heavy atom. The average molecular weight is 268 g/mol. The van der Waals surface area contributed by atoms with Crippen molar-refractivity contribution in [2.75, 3.05) is 6.61 Å². The van der Waals surface area contributed by atoms with Crippen molar-refractivity contribution in [3.63, 3.8) is 0 Å². The third-order valence-electron chi connectivity index (χ3n) is 3.25. The van der Waals surface area contributed by atoms with Crippen LogP contribution in [0, 0.1) is 13.8 Å². The number of nitrogens with zero attached hydrogens (tertiary/aromatic N) is 4. The van der Waals surface area contributed by atoms with Gasteiger partial charge < -0.3 is 4.74 Å². The monoisotopic (exact) mass is 268 g/mol. The van der Waals surface area contributed by atoms with Crippen LogP contribution in [0.25, 0.3) is 16.6 Å². The number of aryl methyl sites for hydroxylation is 2. The molecule has 5 heteroatoms. The summed E-state index contributed by atoms with van der Waals surface area (Å²) < 4.78 is 7.44. The van der Waals surface area contributed by atoms with Crippen LogP contribution in [0.3, 0.4) is 0 Å². The van der Waals surface area contributed by atoms with Gasteiger partial charge in [-0.05, 0) is 32.9 Å². The number of benzene rings is 1. The standard InChI is InChI=1S/C15H16N4O/c1-4-20-15-14-13(10(2)16-17-15)11(3)19(18-14)12-8-6-5-7-9-12/h5-9H,4H2,1-3H3. The van der Waals surface area contributed by atoms with Gasteiger partial charge in [-0.1, -0.05) is 18.2 Å². The van der Waals surface area contributed by atoms with Gasteiger partial charge in [-0.15, -0.1) is 5.10 Å². The molecule has 0 aliphatic rings. The Balaban J connectivity index is 2.29. The molecule has 0 spiro atoms. The molecule has 0 fully saturated rings. The second kappa shape index (κ2) is 4.92. The fraction of sp³-hybridized carbons (Fsp3) is 0.267. The molecule has 2 heterocycles. The molecule has 0 aliphatic carbocycles. The van der Waals surface area contributed by atoms with Gasteiger partial charge in [0.1, 0.15) is 0 Å². The van der Waals surface area contributed by atoms with Gasteiger partial charge in [-0.2, -0.15) is 10.2 Å². The zero-order chi connectivity index (χ0) is 14.1. The molecule has 20 heavy (non-hydrogen) atoms. The Hall–Kier alpha value is -2.43. The highest BCUT2D eigenvalue weighted by Gasteiger charge is 2.17. The van der Waals surface area contributed by atoms with Crippen LogP contribution in [-0.4, -0.2) is 26.6 Å². The van der Waals surface area contributed by atoms with Gasteiger partial charge in [-0.3, -0.25) is 0 Å². The third-order valence-corrected chi connectivity index (χ3v) is 3.25. The molecule has 0 atom stereocenters. The van der Waals surface area contributed by atoms with Gasteiger partial charge in [0, 0.05) is 0 Å². The minimum atomic E-state index is 0.492. The van der Waals surface area contributed by atoms with Crippen LogP contribution in [-0.2, 0) is 0 Å². The molecule has 0 aliphatic heterocycles. The Labute approximate surface area is 117 Å². The summed E-state index contributed by atoms with van der Waals surface area (Å²) in [5.41, 5.74) is 3.69. The fourth-order valence-electron chi connectivity index (χ4n) is 2.36. The molecule has 0 amide bonds. The third kappa shape index (κ3) is 1.91. The summed E-state index contributed by atoms with van der Waals surface area (Å²) >= 11 is 0.